The second-order valence-corrected chi connectivity index (χ2v) is 4.63. The van der Waals surface area contributed by atoms with Crippen LogP contribution >= 0.6 is 0 Å². The van der Waals surface area contributed by atoms with Crippen LogP contribution in [-0.2, 0) is 0 Å². The maximum atomic E-state index is 9.26. The lowest BCUT2D eigenvalue weighted by Gasteiger charge is -2.22. The summed E-state index contributed by atoms with van der Waals surface area (Å²) in [5.74, 6) is 0. The molecule has 0 aromatic rings. The molecule has 16 heavy (non-hydrogen) atoms. The summed E-state index contributed by atoms with van der Waals surface area (Å²) in [4.78, 5) is 8.97. The Balaban J connectivity index is 2.05. The van der Waals surface area contributed by atoms with Gasteiger partial charge in [-0.15, -0.1) is 0 Å². The summed E-state index contributed by atoms with van der Waals surface area (Å²) in [7, 11) is 0. The minimum absolute atomic E-state index is 0.0419. The van der Waals surface area contributed by atoms with Gasteiger partial charge in [0.05, 0.1) is 19.2 Å². The Morgan fingerprint density at radius 2 is 2.31 bits per heavy atom. The molecule has 0 spiro atoms. The minimum atomic E-state index is 0.0419. The zero-order chi connectivity index (χ0) is 11.0. The van der Waals surface area contributed by atoms with Gasteiger partial charge in [0.1, 0.15) is 0 Å². The van der Waals surface area contributed by atoms with Crippen LogP contribution in [0.3, 0.4) is 0 Å². The monoisotopic (exact) mass is 216 g/mol. The molecule has 2 heterocycles. The molecule has 1 aliphatic carbocycles. The van der Waals surface area contributed by atoms with Crippen molar-refractivity contribution in [2.75, 3.05) is 13.2 Å². The number of aliphatic imine (C=N–C) groups is 2. The highest BCUT2D eigenvalue weighted by atomic mass is 16.3. The van der Waals surface area contributed by atoms with Gasteiger partial charge in [0.15, 0.2) is 0 Å². The Kier molecular flexibility index (Phi) is 2.48. The first-order chi connectivity index (χ1) is 7.88. The van der Waals surface area contributed by atoms with Crippen LogP contribution < -0.4 is 0 Å². The van der Waals surface area contributed by atoms with Gasteiger partial charge in [0, 0.05) is 11.9 Å². The molecule has 84 valence electrons. The van der Waals surface area contributed by atoms with Crippen LogP contribution in [0, 0.1) is 0 Å². The third-order valence-corrected chi connectivity index (χ3v) is 3.56. The molecular formula is C13H16N2O. The van der Waals surface area contributed by atoms with E-state index in [9.17, 15) is 5.11 Å². The van der Waals surface area contributed by atoms with E-state index in [2.05, 4.69) is 16.1 Å². The second-order valence-electron chi connectivity index (χ2n) is 4.63. The molecule has 0 saturated heterocycles. The molecule has 1 unspecified atom stereocenters. The molecule has 0 amide bonds. The summed E-state index contributed by atoms with van der Waals surface area (Å²) in [6, 6.07) is 0.0419. The molecule has 1 N–H and O–H groups in total. The summed E-state index contributed by atoms with van der Waals surface area (Å²) in [5, 5.41) is 9.26. The van der Waals surface area contributed by atoms with Gasteiger partial charge in [-0.05, 0) is 42.9 Å². The van der Waals surface area contributed by atoms with Crippen molar-refractivity contribution in [1.82, 2.24) is 0 Å². The smallest absolute Gasteiger partial charge is 0.0767 e. The largest absolute Gasteiger partial charge is 0.394 e. The minimum Gasteiger partial charge on any atom is -0.394 e. The molecule has 3 rings (SSSR count). The number of hydrogen-bond donors (Lipinski definition) is 1. The van der Waals surface area contributed by atoms with Gasteiger partial charge in [0.2, 0.25) is 0 Å². The van der Waals surface area contributed by atoms with Crippen molar-refractivity contribution in [3.05, 3.63) is 22.8 Å². The molecule has 0 radical (unpaired) electrons. The summed E-state index contributed by atoms with van der Waals surface area (Å²) < 4.78 is 0. The number of aliphatic hydroxyl groups is 1. The number of aliphatic hydroxyl groups excluding tert-OH is 1. The summed E-state index contributed by atoms with van der Waals surface area (Å²) >= 11 is 0. The van der Waals surface area contributed by atoms with Gasteiger partial charge in [0.25, 0.3) is 0 Å². The Labute approximate surface area is 95.3 Å². The quantitative estimate of drug-likeness (QED) is 0.712. The van der Waals surface area contributed by atoms with Gasteiger partial charge in [-0.25, -0.2) is 0 Å². The molecule has 3 nitrogen and oxygen atoms in total. The number of rotatable bonds is 1. The van der Waals surface area contributed by atoms with E-state index in [0.717, 1.165) is 25.8 Å². The molecule has 2 aliphatic heterocycles. The molecule has 3 heteroatoms. The van der Waals surface area contributed by atoms with E-state index in [-0.39, 0.29) is 12.6 Å². The van der Waals surface area contributed by atoms with E-state index < -0.39 is 0 Å². The average Bonchev–Trinajstić information content (AvgIpc) is 2.69. The second kappa shape index (κ2) is 3.98. The van der Waals surface area contributed by atoms with Gasteiger partial charge < -0.3 is 5.11 Å². The Morgan fingerprint density at radius 1 is 1.38 bits per heavy atom. The first kappa shape index (κ1) is 9.97. The van der Waals surface area contributed by atoms with E-state index in [0.29, 0.717) is 0 Å². The summed E-state index contributed by atoms with van der Waals surface area (Å²) in [6.07, 6.45) is 8.28. The topological polar surface area (TPSA) is 45.0 Å². The van der Waals surface area contributed by atoms with Crippen molar-refractivity contribution in [2.45, 2.75) is 31.7 Å². The fraction of sp³-hybridized carbons (Fsp3) is 0.538. The Morgan fingerprint density at radius 3 is 3.19 bits per heavy atom. The van der Waals surface area contributed by atoms with Crippen molar-refractivity contribution in [3.63, 3.8) is 0 Å². The van der Waals surface area contributed by atoms with Crippen LogP contribution in [0.1, 0.15) is 25.7 Å². The molecule has 3 aliphatic rings. The van der Waals surface area contributed by atoms with Crippen molar-refractivity contribution >= 4 is 11.9 Å². The number of nitrogens with zero attached hydrogens (tertiary/aromatic N) is 2. The predicted molar refractivity (Wildman–Crippen MR) is 65.2 cm³/mol. The van der Waals surface area contributed by atoms with E-state index in [1.54, 1.807) is 0 Å². The van der Waals surface area contributed by atoms with Crippen molar-refractivity contribution in [2.24, 2.45) is 9.98 Å². The number of hydrogen-bond acceptors (Lipinski definition) is 3. The first-order valence-electron chi connectivity index (χ1n) is 5.98. The summed E-state index contributed by atoms with van der Waals surface area (Å²) in [5.41, 5.74) is 5.48. The van der Waals surface area contributed by atoms with E-state index >= 15 is 0 Å². The lowest BCUT2D eigenvalue weighted by Crippen LogP contribution is -2.18. The van der Waals surface area contributed by atoms with Crippen LogP contribution in [0.2, 0.25) is 0 Å². The fourth-order valence-electron chi connectivity index (χ4n) is 2.80. The Hall–Kier alpha value is -1.22. The van der Waals surface area contributed by atoms with E-state index in [1.165, 1.54) is 28.9 Å². The van der Waals surface area contributed by atoms with Crippen molar-refractivity contribution in [1.29, 1.82) is 0 Å². The van der Waals surface area contributed by atoms with Crippen LogP contribution in [0.4, 0.5) is 0 Å². The van der Waals surface area contributed by atoms with Crippen LogP contribution in [0.25, 0.3) is 0 Å². The molecular weight excluding hydrogens is 200 g/mol. The van der Waals surface area contributed by atoms with E-state index in [4.69, 9.17) is 0 Å². The SMILES string of the molecule is OCC1CC2=C3C(=NC/C3=C/C=N1)CCC2. The average molecular weight is 216 g/mol. The van der Waals surface area contributed by atoms with Crippen molar-refractivity contribution in [3.8, 4) is 0 Å². The highest BCUT2D eigenvalue weighted by Crippen LogP contribution is 2.35. The maximum absolute atomic E-state index is 9.26. The third kappa shape index (κ3) is 1.55. The van der Waals surface area contributed by atoms with Crippen LogP contribution in [-0.4, -0.2) is 36.2 Å². The highest BCUT2D eigenvalue weighted by molar-refractivity contribution is 6.08. The molecule has 0 bridgehead atoms. The Bertz CT molecular complexity index is 429. The predicted octanol–water partition coefficient (Wildman–Crippen LogP) is 1.68. The molecule has 1 atom stereocenters. The fourth-order valence-corrected chi connectivity index (χ4v) is 2.80. The lowest BCUT2D eigenvalue weighted by atomic mass is 9.84. The van der Waals surface area contributed by atoms with Crippen LogP contribution in [0.5, 0.6) is 0 Å². The molecule has 0 aromatic heterocycles. The van der Waals surface area contributed by atoms with Gasteiger partial charge in [-0.3, -0.25) is 9.98 Å². The first-order valence-corrected chi connectivity index (χ1v) is 5.98. The highest BCUT2D eigenvalue weighted by Gasteiger charge is 2.27. The number of allylic oxidation sites excluding steroid dienone is 1. The normalized spacial score (nSPS) is 31.4. The zero-order valence-corrected chi connectivity index (χ0v) is 9.32. The van der Waals surface area contributed by atoms with Crippen molar-refractivity contribution < 1.29 is 5.11 Å². The maximum Gasteiger partial charge on any atom is 0.0767 e. The summed E-state index contributed by atoms with van der Waals surface area (Å²) in [6.45, 7) is 0.965. The molecule has 0 fully saturated rings. The van der Waals surface area contributed by atoms with Gasteiger partial charge in [-0.1, -0.05) is 5.57 Å². The van der Waals surface area contributed by atoms with Crippen LogP contribution in [0.15, 0.2) is 32.8 Å². The zero-order valence-electron chi connectivity index (χ0n) is 9.32. The third-order valence-electron chi connectivity index (χ3n) is 3.56. The standard InChI is InChI=1S/C13H16N2O/c16-8-11-6-9-2-1-3-12-13(9)10(7-15-12)4-5-14-11/h4-5,11,16H,1-3,6-8H2/b10-4-,14-5?. The van der Waals surface area contributed by atoms with E-state index in [1.807, 2.05) is 6.21 Å². The lowest BCUT2D eigenvalue weighted by molar-refractivity contribution is 0.265. The van der Waals surface area contributed by atoms with Gasteiger partial charge >= 0.3 is 0 Å². The molecule has 0 saturated carbocycles. The molecule has 0 aromatic carbocycles. The van der Waals surface area contributed by atoms with Gasteiger partial charge in [-0.2, -0.15) is 0 Å².